The van der Waals surface area contributed by atoms with Crippen molar-refractivity contribution < 1.29 is 14.3 Å². The van der Waals surface area contributed by atoms with Crippen LogP contribution in [0.15, 0.2) is 62.5 Å². The van der Waals surface area contributed by atoms with Crippen molar-refractivity contribution in [1.82, 2.24) is 5.43 Å². The highest BCUT2D eigenvalue weighted by molar-refractivity contribution is 9.10. The van der Waals surface area contributed by atoms with Crippen molar-refractivity contribution in [1.29, 1.82) is 0 Å². The lowest BCUT2D eigenvalue weighted by molar-refractivity contribution is 0.0952. The van der Waals surface area contributed by atoms with Gasteiger partial charge in [0.2, 0.25) is 0 Å². The number of hydrogen-bond donors (Lipinski definition) is 2. The summed E-state index contributed by atoms with van der Waals surface area (Å²) in [7, 11) is 0. The Labute approximate surface area is 167 Å². The van der Waals surface area contributed by atoms with E-state index in [1.165, 1.54) is 18.3 Å². The first-order valence-electron chi connectivity index (χ1n) is 7.31. The van der Waals surface area contributed by atoms with Gasteiger partial charge in [0, 0.05) is 10.0 Å². The molecule has 1 amide bonds. The van der Waals surface area contributed by atoms with Gasteiger partial charge in [-0.15, -0.1) is 0 Å². The zero-order valence-corrected chi connectivity index (χ0v) is 16.1. The molecule has 8 heteroatoms. The zero-order chi connectivity index (χ0) is 18.7. The molecule has 0 aliphatic rings. The summed E-state index contributed by atoms with van der Waals surface area (Å²) in [5.41, 5.74) is 3.20. The third kappa shape index (κ3) is 4.27. The lowest BCUT2D eigenvalue weighted by Gasteiger charge is -2.03. The first-order chi connectivity index (χ1) is 12.4. The Morgan fingerprint density at radius 2 is 1.92 bits per heavy atom. The van der Waals surface area contributed by atoms with Gasteiger partial charge in [0.15, 0.2) is 0 Å². The summed E-state index contributed by atoms with van der Waals surface area (Å²) in [4.78, 5) is 12.0. The van der Waals surface area contributed by atoms with Gasteiger partial charge in [0.05, 0.1) is 21.8 Å². The van der Waals surface area contributed by atoms with E-state index in [-0.39, 0.29) is 11.3 Å². The summed E-state index contributed by atoms with van der Waals surface area (Å²) in [6.45, 7) is 0. The van der Waals surface area contributed by atoms with Gasteiger partial charge in [-0.05, 0) is 48.5 Å². The second kappa shape index (κ2) is 7.95. The molecular weight excluding hydrogens is 443 g/mol. The van der Waals surface area contributed by atoms with Crippen molar-refractivity contribution in [2.45, 2.75) is 0 Å². The van der Waals surface area contributed by atoms with Gasteiger partial charge in [-0.25, -0.2) is 5.43 Å². The fraction of sp³-hybridized carbons (Fsp3) is 0. The number of amides is 1. The van der Waals surface area contributed by atoms with E-state index in [1.807, 2.05) is 0 Å². The van der Waals surface area contributed by atoms with Crippen LogP contribution in [-0.2, 0) is 0 Å². The molecule has 1 heterocycles. The number of carbonyl (C=O) groups excluding carboxylic acids is 1. The van der Waals surface area contributed by atoms with Crippen molar-refractivity contribution in [2.75, 3.05) is 0 Å². The average molecular weight is 454 g/mol. The molecule has 0 aliphatic heterocycles. The number of phenolic OH excluding ortho intramolecular Hbond substituents is 1. The SMILES string of the molecule is O=C(N/N=C/c1ccc(-c2ccc(Cl)c(Cl)c2)o1)c1cc(Br)ccc1O. The van der Waals surface area contributed by atoms with Crippen LogP contribution >= 0.6 is 39.1 Å². The summed E-state index contributed by atoms with van der Waals surface area (Å²) in [6.07, 6.45) is 1.36. The third-order valence-corrected chi connectivity index (χ3v) is 4.62. The van der Waals surface area contributed by atoms with E-state index in [1.54, 1.807) is 36.4 Å². The van der Waals surface area contributed by atoms with Crippen molar-refractivity contribution >= 4 is 51.3 Å². The van der Waals surface area contributed by atoms with Crippen LogP contribution < -0.4 is 5.43 Å². The molecule has 132 valence electrons. The first-order valence-corrected chi connectivity index (χ1v) is 8.86. The Morgan fingerprint density at radius 3 is 2.69 bits per heavy atom. The topological polar surface area (TPSA) is 74.8 Å². The lowest BCUT2D eigenvalue weighted by atomic mass is 10.2. The number of halogens is 3. The van der Waals surface area contributed by atoms with Crippen LogP contribution in [0.1, 0.15) is 16.1 Å². The van der Waals surface area contributed by atoms with Gasteiger partial charge in [-0.3, -0.25) is 4.79 Å². The number of furan rings is 1. The largest absolute Gasteiger partial charge is 0.507 e. The number of rotatable bonds is 4. The van der Waals surface area contributed by atoms with Gasteiger partial charge >= 0.3 is 0 Å². The van der Waals surface area contributed by atoms with E-state index < -0.39 is 5.91 Å². The van der Waals surface area contributed by atoms with Crippen molar-refractivity contribution in [3.63, 3.8) is 0 Å². The minimum atomic E-state index is -0.545. The predicted molar refractivity (Wildman–Crippen MR) is 105 cm³/mol. The summed E-state index contributed by atoms with van der Waals surface area (Å²) in [5.74, 6) is 0.336. The Hall–Kier alpha value is -2.28. The van der Waals surface area contributed by atoms with Crippen LogP contribution in [0.3, 0.4) is 0 Å². The minimum Gasteiger partial charge on any atom is -0.507 e. The number of nitrogens with one attached hydrogen (secondary N) is 1. The Kier molecular flexibility index (Phi) is 5.66. The van der Waals surface area contributed by atoms with E-state index in [0.29, 0.717) is 26.0 Å². The molecule has 0 saturated heterocycles. The molecule has 0 spiro atoms. The molecule has 0 atom stereocenters. The molecular formula is C18H11BrCl2N2O3. The Balaban J connectivity index is 1.70. The number of phenols is 1. The van der Waals surface area contributed by atoms with Crippen molar-refractivity contribution in [2.24, 2.45) is 5.10 Å². The molecule has 26 heavy (non-hydrogen) atoms. The van der Waals surface area contributed by atoms with Crippen LogP contribution in [-0.4, -0.2) is 17.2 Å². The molecule has 3 rings (SSSR count). The summed E-state index contributed by atoms with van der Waals surface area (Å²) in [6, 6.07) is 13.2. The number of carbonyl (C=O) groups is 1. The van der Waals surface area contributed by atoms with Crippen LogP contribution in [0.25, 0.3) is 11.3 Å². The van der Waals surface area contributed by atoms with Gasteiger partial charge in [0.25, 0.3) is 5.91 Å². The molecule has 2 N–H and O–H groups in total. The Bertz CT molecular complexity index is 1000. The molecule has 1 aromatic heterocycles. The summed E-state index contributed by atoms with van der Waals surface area (Å²) < 4.78 is 6.30. The highest BCUT2D eigenvalue weighted by atomic mass is 79.9. The lowest BCUT2D eigenvalue weighted by Crippen LogP contribution is -2.17. The summed E-state index contributed by atoms with van der Waals surface area (Å²) >= 11 is 15.1. The monoisotopic (exact) mass is 452 g/mol. The fourth-order valence-corrected chi connectivity index (χ4v) is 2.79. The predicted octanol–water partition coefficient (Wildman–Crippen LogP) is 5.49. The van der Waals surface area contributed by atoms with Crippen LogP contribution in [0.2, 0.25) is 10.0 Å². The molecule has 0 radical (unpaired) electrons. The van der Waals surface area contributed by atoms with Crippen LogP contribution in [0, 0.1) is 0 Å². The third-order valence-electron chi connectivity index (χ3n) is 3.39. The fourth-order valence-electron chi connectivity index (χ4n) is 2.13. The second-order valence-corrected chi connectivity index (χ2v) is 6.92. The van der Waals surface area contributed by atoms with E-state index in [2.05, 4.69) is 26.5 Å². The number of aromatic hydroxyl groups is 1. The van der Waals surface area contributed by atoms with E-state index in [0.717, 1.165) is 5.56 Å². The maximum Gasteiger partial charge on any atom is 0.275 e. The van der Waals surface area contributed by atoms with Crippen molar-refractivity contribution in [3.8, 4) is 17.1 Å². The zero-order valence-electron chi connectivity index (χ0n) is 13.0. The van der Waals surface area contributed by atoms with Crippen molar-refractivity contribution in [3.05, 3.63) is 74.4 Å². The van der Waals surface area contributed by atoms with E-state index in [9.17, 15) is 9.90 Å². The molecule has 0 fully saturated rings. The highest BCUT2D eigenvalue weighted by Crippen LogP contribution is 2.29. The molecule has 0 aliphatic carbocycles. The first kappa shape index (κ1) is 18.5. The molecule has 2 aromatic carbocycles. The van der Waals surface area contributed by atoms with Crippen LogP contribution in [0.5, 0.6) is 5.75 Å². The summed E-state index contributed by atoms with van der Waals surface area (Å²) in [5, 5.41) is 14.4. The quantitative estimate of drug-likeness (QED) is 0.405. The number of benzene rings is 2. The van der Waals surface area contributed by atoms with Gasteiger partial charge in [-0.2, -0.15) is 5.10 Å². The maximum absolute atomic E-state index is 12.0. The van der Waals surface area contributed by atoms with Crippen LogP contribution in [0.4, 0.5) is 0 Å². The average Bonchev–Trinajstić information content (AvgIpc) is 3.08. The van der Waals surface area contributed by atoms with E-state index >= 15 is 0 Å². The number of nitrogens with zero attached hydrogens (tertiary/aromatic N) is 1. The smallest absolute Gasteiger partial charge is 0.275 e. The second-order valence-electron chi connectivity index (χ2n) is 5.19. The maximum atomic E-state index is 12.0. The standard InChI is InChI=1S/C18H11BrCl2N2O3/c19-11-2-5-16(24)13(8-11)18(25)23-22-9-12-3-6-17(26-12)10-1-4-14(20)15(21)7-10/h1-9,24H,(H,23,25)/b22-9+. The molecule has 3 aromatic rings. The number of hydrazone groups is 1. The highest BCUT2D eigenvalue weighted by Gasteiger charge is 2.11. The molecule has 5 nitrogen and oxygen atoms in total. The molecule has 0 unspecified atom stereocenters. The normalized spacial score (nSPS) is 11.0. The van der Waals surface area contributed by atoms with Gasteiger partial charge < -0.3 is 9.52 Å². The Morgan fingerprint density at radius 1 is 1.12 bits per heavy atom. The van der Waals surface area contributed by atoms with Gasteiger partial charge in [0.1, 0.15) is 17.3 Å². The molecule has 0 bridgehead atoms. The number of hydrogen-bond acceptors (Lipinski definition) is 4. The van der Waals surface area contributed by atoms with E-state index in [4.69, 9.17) is 27.6 Å². The van der Waals surface area contributed by atoms with Gasteiger partial charge in [-0.1, -0.05) is 39.1 Å². The molecule has 0 saturated carbocycles. The minimum absolute atomic E-state index is 0.104.